The van der Waals surface area contributed by atoms with Crippen LogP contribution < -0.4 is 14.4 Å². The van der Waals surface area contributed by atoms with Gasteiger partial charge in [0.2, 0.25) is 0 Å². The minimum atomic E-state index is -2.56. The number of aromatic carboxylic acids is 1. The highest BCUT2D eigenvalue weighted by Gasteiger charge is 2.18. The maximum absolute atomic E-state index is 13.2. The zero-order valence-electron chi connectivity index (χ0n) is 15.5. The predicted octanol–water partition coefficient (Wildman–Crippen LogP) is 5.44. The van der Waals surface area contributed by atoms with Gasteiger partial charge in [-0.15, -0.1) is 0 Å². The van der Waals surface area contributed by atoms with Crippen molar-refractivity contribution >= 4 is 29.3 Å². The molecule has 1 aliphatic heterocycles. The molecular formula is C20H22F2N2O3S. The maximum Gasteiger partial charge on any atom is 0.335 e. The molecule has 2 aromatic carbocycles. The summed E-state index contributed by atoms with van der Waals surface area (Å²) in [6, 6.07) is 9.17. The fourth-order valence-corrected chi connectivity index (χ4v) is 4.00. The van der Waals surface area contributed by atoms with Gasteiger partial charge in [-0.2, -0.15) is 0 Å². The Morgan fingerprint density at radius 2 is 1.93 bits per heavy atom. The van der Waals surface area contributed by atoms with E-state index in [1.165, 1.54) is 37.8 Å². The first kappa shape index (κ1) is 20.3. The van der Waals surface area contributed by atoms with Crippen molar-refractivity contribution < 1.29 is 23.4 Å². The van der Waals surface area contributed by atoms with Crippen molar-refractivity contribution in [3.8, 4) is 5.75 Å². The molecule has 1 aliphatic rings. The summed E-state index contributed by atoms with van der Waals surface area (Å²) in [5, 5.41) is 9.21. The number of rotatable bonds is 7. The first-order valence-electron chi connectivity index (χ1n) is 9.01. The summed E-state index contributed by atoms with van der Waals surface area (Å²) in [5.74, 6) is -0.537. The summed E-state index contributed by atoms with van der Waals surface area (Å²) in [6.07, 6.45) is 0.739. The second-order valence-electron chi connectivity index (χ2n) is 6.50. The Bertz CT molecular complexity index is 842. The number of anilines is 2. The molecule has 150 valence electrons. The van der Waals surface area contributed by atoms with Crippen LogP contribution in [0.15, 0.2) is 41.3 Å². The molecule has 5 nitrogen and oxygen atoms in total. The maximum atomic E-state index is 13.2. The highest BCUT2D eigenvalue weighted by Crippen LogP contribution is 2.37. The van der Waals surface area contributed by atoms with E-state index >= 15 is 0 Å². The van der Waals surface area contributed by atoms with E-state index in [0.717, 1.165) is 43.6 Å². The number of halogens is 2. The topological polar surface area (TPSA) is 61.8 Å². The third kappa shape index (κ3) is 4.67. The number of carboxylic acids is 1. The molecule has 1 fully saturated rings. The summed E-state index contributed by atoms with van der Waals surface area (Å²) < 4.78 is 34.8. The van der Waals surface area contributed by atoms with Gasteiger partial charge in [-0.1, -0.05) is 6.07 Å². The summed E-state index contributed by atoms with van der Waals surface area (Å²) in [4.78, 5) is 14.0. The highest BCUT2D eigenvalue weighted by molar-refractivity contribution is 8.00. The SMILES string of the molecule is COc1ccc(C(=O)O)cc1SNc1cc(C(F)F)ccc1N1CCCCC1. The standard InChI is InChI=1S/C20H22F2N2O3S/c1-27-17-8-6-14(20(25)26)12-18(17)28-23-15-11-13(19(21)22)5-7-16(15)24-9-3-2-4-10-24/h5-8,11-12,19,23H,2-4,9-10H2,1H3,(H,25,26). The van der Waals surface area contributed by atoms with Gasteiger partial charge >= 0.3 is 5.97 Å². The largest absolute Gasteiger partial charge is 0.496 e. The van der Waals surface area contributed by atoms with Crippen LogP contribution in [0.4, 0.5) is 20.2 Å². The van der Waals surface area contributed by atoms with Gasteiger partial charge in [0.05, 0.1) is 28.9 Å². The Morgan fingerprint density at radius 1 is 1.18 bits per heavy atom. The summed E-state index contributed by atoms with van der Waals surface area (Å²) in [5.41, 5.74) is 1.51. The second-order valence-corrected chi connectivity index (χ2v) is 7.35. The van der Waals surface area contributed by atoms with E-state index in [1.807, 2.05) is 0 Å². The summed E-state index contributed by atoms with van der Waals surface area (Å²) in [7, 11) is 1.50. The van der Waals surface area contributed by atoms with Crippen molar-refractivity contribution in [2.45, 2.75) is 30.6 Å². The Kier molecular flexibility index (Phi) is 6.61. The molecule has 3 rings (SSSR count). The minimum absolute atomic E-state index is 0.0601. The molecule has 0 aliphatic carbocycles. The molecule has 1 saturated heterocycles. The van der Waals surface area contributed by atoms with E-state index in [4.69, 9.17) is 4.74 Å². The molecule has 0 atom stereocenters. The number of ether oxygens (including phenoxy) is 1. The van der Waals surface area contributed by atoms with Crippen molar-refractivity contribution in [1.29, 1.82) is 0 Å². The molecule has 8 heteroatoms. The fourth-order valence-electron chi connectivity index (χ4n) is 3.18. The van der Waals surface area contributed by atoms with Crippen LogP contribution in [-0.2, 0) is 0 Å². The second kappa shape index (κ2) is 9.14. The molecule has 0 radical (unpaired) electrons. The molecule has 0 aromatic heterocycles. The molecule has 0 bridgehead atoms. The Hall–Kier alpha value is -2.48. The molecule has 28 heavy (non-hydrogen) atoms. The van der Waals surface area contributed by atoms with Crippen LogP contribution in [-0.4, -0.2) is 31.3 Å². The molecule has 0 amide bonds. The molecule has 0 spiro atoms. The number of alkyl halides is 2. The van der Waals surface area contributed by atoms with Gasteiger partial charge in [-0.3, -0.25) is 0 Å². The van der Waals surface area contributed by atoms with E-state index in [2.05, 4.69) is 9.62 Å². The number of piperidine rings is 1. The van der Waals surface area contributed by atoms with E-state index in [0.29, 0.717) is 16.3 Å². The van der Waals surface area contributed by atoms with Crippen LogP contribution in [0.3, 0.4) is 0 Å². The lowest BCUT2D eigenvalue weighted by Gasteiger charge is -2.31. The van der Waals surface area contributed by atoms with Gasteiger partial charge in [0, 0.05) is 18.7 Å². The van der Waals surface area contributed by atoms with E-state index in [1.54, 1.807) is 12.1 Å². The van der Waals surface area contributed by atoms with E-state index < -0.39 is 12.4 Å². The minimum Gasteiger partial charge on any atom is -0.496 e. The van der Waals surface area contributed by atoms with Crippen LogP contribution in [0.2, 0.25) is 0 Å². The molecule has 0 unspecified atom stereocenters. The number of hydrogen-bond acceptors (Lipinski definition) is 5. The lowest BCUT2D eigenvalue weighted by atomic mass is 10.1. The average molecular weight is 408 g/mol. The quantitative estimate of drug-likeness (QED) is 0.595. The third-order valence-corrected chi connectivity index (χ3v) is 5.51. The lowest BCUT2D eigenvalue weighted by Crippen LogP contribution is -2.29. The van der Waals surface area contributed by atoms with Gasteiger partial charge < -0.3 is 19.5 Å². The van der Waals surface area contributed by atoms with Crippen LogP contribution in [0.25, 0.3) is 0 Å². The average Bonchev–Trinajstić information content (AvgIpc) is 2.72. The van der Waals surface area contributed by atoms with Crippen LogP contribution in [0, 0.1) is 0 Å². The Labute approximate surface area is 166 Å². The number of hydrogen-bond donors (Lipinski definition) is 2. The number of carboxylic acid groups (broad SMARTS) is 1. The Morgan fingerprint density at radius 3 is 2.57 bits per heavy atom. The van der Waals surface area contributed by atoms with Gasteiger partial charge in [0.25, 0.3) is 6.43 Å². The first-order chi connectivity index (χ1) is 13.5. The van der Waals surface area contributed by atoms with Crippen LogP contribution in [0.1, 0.15) is 41.6 Å². The number of nitrogens with zero attached hydrogens (tertiary/aromatic N) is 1. The summed E-state index contributed by atoms with van der Waals surface area (Å²) in [6.45, 7) is 1.76. The zero-order valence-corrected chi connectivity index (χ0v) is 16.3. The number of methoxy groups -OCH3 is 1. The molecule has 2 N–H and O–H groups in total. The fraction of sp³-hybridized carbons (Fsp3) is 0.350. The highest BCUT2D eigenvalue weighted by atomic mass is 32.2. The smallest absolute Gasteiger partial charge is 0.335 e. The van der Waals surface area contributed by atoms with Crippen LogP contribution in [0.5, 0.6) is 5.75 Å². The van der Waals surface area contributed by atoms with E-state index in [-0.39, 0.29) is 11.1 Å². The molecule has 2 aromatic rings. The molecule has 0 saturated carbocycles. The van der Waals surface area contributed by atoms with Gasteiger partial charge in [0.1, 0.15) is 5.75 Å². The van der Waals surface area contributed by atoms with E-state index in [9.17, 15) is 18.7 Å². The number of carbonyl (C=O) groups is 1. The van der Waals surface area contributed by atoms with Gasteiger partial charge in [0.15, 0.2) is 0 Å². The molecular weight excluding hydrogens is 386 g/mol. The van der Waals surface area contributed by atoms with Crippen molar-refractivity contribution in [2.24, 2.45) is 0 Å². The Balaban J connectivity index is 1.89. The monoisotopic (exact) mass is 408 g/mol. The van der Waals surface area contributed by atoms with Gasteiger partial charge in [-0.05, 0) is 61.5 Å². The van der Waals surface area contributed by atoms with Crippen molar-refractivity contribution in [3.63, 3.8) is 0 Å². The third-order valence-electron chi connectivity index (χ3n) is 4.65. The van der Waals surface area contributed by atoms with Crippen molar-refractivity contribution in [1.82, 2.24) is 0 Å². The normalized spacial score (nSPS) is 14.2. The number of benzene rings is 2. The van der Waals surface area contributed by atoms with Crippen LogP contribution >= 0.6 is 11.9 Å². The van der Waals surface area contributed by atoms with Crippen molar-refractivity contribution in [3.05, 3.63) is 47.5 Å². The first-order valence-corrected chi connectivity index (χ1v) is 9.82. The molecule has 1 heterocycles. The summed E-state index contributed by atoms with van der Waals surface area (Å²) >= 11 is 1.14. The number of nitrogens with one attached hydrogen (secondary N) is 1. The zero-order chi connectivity index (χ0) is 20.1. The van der Waals surface area contributed by atoms with Crippen molar-refractivity contribution in [2.75, 3.05) is 29.8 Å². The lowest BCUT2D eigenvalue weighted by molar-refractivity contribution is 0.0696. The predicted molar refractivity (Wildman–Crippen MR) is 107 cm³/mol. The van der Waals surface area contributed by atoms with Gasteiger partial charge in [-0.25, -0.2) is 13.6 Å².